The molecule has 0 unspecified atom stereocenters. The Kier molecular flexibility index (Phi) is 4.43. The van der Waals surface area contributed by atoms with E-state index in [-0.39, 0.29) is 5.91 Å². The van der Waals surface area contributed by atoms with Crippen molar-refractivity contribution in [3.8, 4) is 0 Å². The van der Waals surface area contributed by atoms with Crippen LogP contribution in [0.5, 0.6) is 0 Å². The van der Waals surface area contributed by atoms with Crippen molar-refractivity contribution >= 4 is 84.5 Å². The Labute approximate surface area is 151 Å². The Morgan fingerprint density at radius 3 is 2.90 bits per heavy atom. The van der Waals surface area contributed by atoms with Crippen LogP contribution in [0.2, 0.25) is 5.02 Å². The highest BCUT2D eigenvalue weighted by Crippen LogP contribution is 2.31. The lowest BCUT2D eigenvalue weighted by Gasteiger charge is -2.09. The van der Waals surface area contributed by atoms with Gasteiger partial charge in [0.15, 0.2) is 0 Å². The average Bonchev–Trinajstić information content (AvgIpc) is 2.93. The zero-order valence-corrected chi connectivity index (χ0v) is 15.5. The van der Waals surface area contributed by atoms with Gasteiger partial charge in [0.2, 0.25) is 0 Å². The summed E-state index contributed by atoms with van der Waals surface area (Å²) >= 11 is 12.8. The Bertz CT molecular complexity index is 855. The lowest BCUT2D eigenvalue weighted by molar-refractivity contribution is 0.102. The Balaban J connectivity index is 2.02. The molecule has 4 nitrogen and oxygen atoms in total. The maximum absolute atomic E-state index is 12.5. The van der Waals surface area contributed by atoms with Crippen molar-refractivity contribution < 1.29 is 4.79 Å². The highest BCUT2D eigenvalue weighted by Gasteiger charge is 2.16. The highest BCUT2D eigenvalue weighted by atomic mass is 127. The van der Waals surface area contributed by atoms with E-state index in [4.69, 9.17) is 11.6 Å². The van der Waals surface area contributed by atoms with Gasteiger partial charge in [-0.15, -0.1) is 0 Å². The Morgan fingerprint density at radius 2 is 2.10 bits per heavy atom. The number of amides is 1. The van der Waals surface area contributed by atoms with Gasteiger partial charge in [0.05, 0.1) is 28.0 Å². The molecule has 8 heteroatoms. The summed E-state index contributed by atoms with van der Waals surface area (Å²) in [4.78, 5) is 12.5. The van der Waals surface area contributed by atoms with Crippen molar-refractivity contribution in [1.29, 1.82) is 0 Å². The van der Waals surface area contributed by atoms with Crippen LogP contribution in [0.3, 0.4) is 0 Å². The number of halogens is 3. The zero-order chi connectivity index (χ0) is 15.0. The molecule has 1 amide bonds. The van der Waals surface area contributed by atoms with Gasteiger partial charge in [0, 0.05) is 8.04 Å². The van der Waals surface area contributed by atoms with Crippen LogP contribution in [0.25, 0.3) is 11.0 Å². The second-order valence-corrected chi connectivity index (χ2v) is 7.17. The van der Waals surface area contributed by atoms with E-state index < -0.39 is 0 Å². The molecule has 0 saturated heterocycles. The third kappa shape index (κ3) is 3.05. The van der Waals surface area contributed by atoms with Crippen LogP contribution in [-0.2, 0) is 0 Å². The SMILES string of the molecule is O=C(Nc1c(Cl)ccc2nsnc12)c1cc(I)ccc1Br. The van der Waals surface area contributed by atoms with Crippen LogP contribution >= 0.6 is 61.8 Å². The summed E-state index contributed by atoms with van der Waals surface area (Å²) in [6.07, 6.45) is 0. The first kappa shape index (κ1) is 15.1. The van der Waals surface area contributed by atoms with Crippen LogP contribution in [0.15, 0.2) is 34.8 Å². The predicted octanol–water partition coefficient (Wildman–Crippen LogP) is 4.96. The zero-order valence-electron chi connectivity index (χ0n) is 10.2. The number of carbonyl (C=O) groups is 1. The molecule has 1 aromatic heterocycles. The summed E-state index contributed by atoms with van der Waals surface area (Å²) in [7, 11) is 0. The molecule has 21 heavy (non-hydrogen) atoms. The minimum Gasteiger partial charge on any atom is -0.319 e. The van der Waals surface area contributed by atoms with Gasteiger partial charge in [0.1, 0.15) is 11.0 Å². The largest absolute Gasteiger partial charge is 0.319 e. The summed E-state index contributed by atoms with van der Waals surface area (Å²) in [5.41, 5.74) is 2.33. The first-order valence-corrected chi connectivity index (χ1v) is 8.71. The number of anilines is 1. The van der Waals surface area contributed by atoms with E-state index in [1.54, 1.807) is 18.2 Å². The molecule has 0 atom stereocenters. The van der Waals surface area contributed by atoms with Crippen LogP contribution in [0, 0.1) is 3.57 Å². The number of benzene rings is 2. The monoisotopic (exact) mass is 493 g/mol. The smallest absolute Gasteiger partial charge is 0.256 e. The second-order valence-electron chi connectivity index (χ2n) is 4.13. The molecular formula is C13H6BrClIN3OS. The van der Waals surface area contributed by atoms with E-state index in [1.807, 2.05) is 12.1 Å². The molecule has 0 aliphatic heterocycles. The average molecular weight is 495 g/mol. The van der Waals surface area contributed by atoms with Crippen molar-refractivity contribution in [1.82, 2.24) is 8.75 Å². The fraction of sp³-hybridized carbons (Fsp3) is 0. The molecule has 0 fully saturated rings. The highest BCUT2D eigenvalue weighted by molar-refractivity contribution is 14.1. The molecule has 1 N–H and O–H groups in total. The van der Waals surface area contributed by atoms with Gasteiger partial charge < -0.3 is 5.32 Å². The standard InChI is InChI=1S/C13H6BrClIN3OS/c14-8-2-1-6(16)5-7(8)13(20)17-11-9(15)3-4-10-12(11)19-21-18-10/h1-5H,(H,17,20). The first-order chi connectivity index (χ1) is 10.1. The maximum atomic E-state index is 12.5. The molecular weight excluding hydrogens is 488 g/mol. The van der Waals surface area contributed by atoms with Crippen LogP contribution < -0.4 is 5.32 Å². The lowest BCUT2D eigenvalue weighted by Crippen LogP contribution is -2.13. The minimum absolute atomic E-state index is 0.247. The normalized spacial score (nSPS) is 10.8. The topological polar surface area (TPSA) is 54.9 Å². The third-order valence-corrected chi connectivity index (χ3v) is 5.01. The molecule has 3 aromatic rings. The summed E-state index contributed by atoms with van der Waals surface area (Å²) in [6, 6.07) is 9.03. The molecule has 0 saturated carbocycles. The van der Waals surface area contributed by atoms with E-state index in [0.29, 0.717) is 27.3 Å². The molecule has 0 bridgehead atoms. The Hall–Kier alpha value is -0.770. The van der Waals surface area contributed by atoms with Crippen LogP contribution in [0.1, 0.15) is 10.4 Å². The number of carbonyl (C=O) groups excluding carboxylic acids is 1. The third-order valence-electron chi connectivity index (χ3n) is 2.79. The summed E-state index contributed by atoms with van der Waals surface area (Å²) in [5, 5.41) is 3.26. The summed E-state index contributed by atoms with van der Waals surface area (Å²) < 4.78 is 10.0. The van der Waals surface area contributed by atoms with Gasteiger partial charge in [-0.3, -0.25) is 4.79 Å². The molecule has 0 aliphatic rings. The van der Waals surface area contributed by atoms with Crippen molar-refractivity contribution in [2.45, 2.75) is 0 Å². The molecule has 1 heterocycles. The second kappa shape index (κ2) is 6.15. The molecule has 2 aromatic carbocycles. The van der Waals surface area contributed by atoms with Crippen molar-refractivity contribution in [2.75, 3.05) is 5.32 Å². The number of nitrogens with zero attached hydrogens (tertiary/aromatic N) is 2. The van der Waals surface area contributed by atoms with Crippen LogP contribution in [0.4, 0.5) is 5.69 Å². The van der Waals surface area contributed by atoms with E-state index >= 15 is 0 Å². The van der Waals surface area contributed by atoms with E-state index in [1.165, 1.54) is 0 Å². The fourth-order valence-electron chi connectivity index (χ4n) is 1.80. The van der Waals surface area contributed by atoms with Gasteiger partial charge in [-0.2, -0.15) is 8.75 Å². The lowest BCUT2D eigenvalue weighted by atomic mass is 10.2. The van der Waals surface area contributed by atoms with Crippen molar-refractivity contribution in [3.63, 3.8) is 0 Å². The van der Waals surface area contributed by atoms with Gasteiger partial charge in [-0.25, -0.2) is 0 Å². The molecule has 0 aliphatic carbocycles. The van der Waals surface area contributed by atoms with Crippen molar-refractivity contribution in [2.24, 2.45) is 0 Å². The number of aromatic nitrogens is 2. The number of rotatable bonds is 2. The minimum atomic E-state index is -0.247. The summed E-state index contributed by atoms with van der Waals surface area (Å²) in [6.45, 7) is 0. The predicted molar refractivity (Wildman–Crippen MR) is 97.2 cm³/mol. The van der Waals surface area contributed by atoms with E-state index in [0.717, 1.165) is 19.8 Å². The molecule has 106 valence electrons. The van der Waals surface area contributed by atoms with Gasteiger partial charge in [-0.05, 0) is 68.9 Å². The van der Waals surface area contributed by atoms with Gasteiger partial charge in [0.25, 0.3) is 5.91 Å². The van der Waals surface area contributed by atoms with Gasteiger partial charge in [-0.1, -0.05) is 11.6 Å². The maximum Gasteiger partial charge on any atom is 0.256 e. The molecule has 0 radical (unpaired) electrons. The number of fused-ring (bicyclic) bond motifs is 1. The quantitative estimate of drug-likeness (QED) is 0.512. The number of hydrogen-bond acceptors (Lipinski definition) is 4. The summed E-state index contributed by atoms with van der Waals surface area (Å²) in [5.74, 6) is -0.247. The van der Waals surface area contributed by atoms with Crippen LogP contribution in [-0.4, -0.2) is 14.7 Å². The number of nitrogens with one attached hydrogen (secondary N) is 1. The molecule has 0 spiro atoms. The van der Waals surface area contributed by atoms with Gasteiger partial charge >= 0.3 is 0 Å². The fourth-order valence-corrected chi connectivity index (χ4v) is 3.46. The molecule has 3 rings (SSSR count). The first-order valence-electron chi connectivity index (χ1n) is 5.73. The van der Waals surface area contributed by atoms with E-state index in [2.05, 4.69) is 52.6 Å². The van der Waals surface area contributed by atoms with E-state index in [9.17, 15) is 4.79 Å². The number of hydrogen-bond donors (Lipinski definition) is 1. The Morgan fingerprint density at radius 1 is 1.29 bits per heavy atom. The van der Waals surface area contributed by atoms with Crippen molar-refractivity contribution in [3.05, 3.63) is 49.0 Å².